The van der Waals surface area contributed by atoms with Crippen LogP contribution in [0.3, 0.4) is 0 Å². The summed E-state index contributed by atoms with van der Waals surface area (Å²) >= 11 is 0. The molecule has 4 atom stereocenters. The molecule has 0 radical (unpaired) electrons. The second-order valence-electron chi connectivity index (χ2n) is 5.45. The lowest BCUT2D eigenvalue weighted by molar-refractivity contribution is -0.129. The zero-order chi connectivity index (χ0) is 8.93. The van der Waals surface area contributed by atoms with Crippen molar-refractivity contribution in [2.45, 2.75) is 46.1 Å². The first-order chi connectivity index (χ1) is 5.52. The van der Waals surface area contributed by atoms with Crippen molar-refractivity contribution in [3.63, 3.8) is 0 Å². The maximum atomic E-state index is 9.61. The summed E-state index contributed by atoms with van der Waals surface area (Å²) in [5.41, 5.74) is 0.496. The topological polar surface area (TPSA) is 20.2 Å². The molecule has 2 bridgehead atoms. The standard InChI is InChI=1S/C11H20O/c1-7(12)10-8-4-5-11(2,3)9(10)6-8/h7-10,12H,4-6H2,1-3H3/t7?,8-,9+,10?/m0/s1. The molecule has 0 amide bonds. The molecule has 3 saturated carbocycles. The highest BCUT2D eigenvalue weighted by molar-refractivity contribution is 5.02. The van der Waals surface area contributed by atoms with Gasteiger partial charge < -0.3 is 5.11 Å². The van der Waals surface area contributed by atoms with Crippen LogP contribution in [-0.4, -0.2) is 11.2 Å². The van der Waals surface area contributed by atoms with Crippen LogP contribution in [0.2, 0.25) is 0 Å². The molecular weight excluding hydrogens is 148 g/mol. The first kappa shape index (κ1) is 8.55. The monoisotopic (exact) mass is 168 g/mol. The van der Waals surface area contributed by atoms with Gasteiger partial charge in [-0.1, -0.05) is 13.8 Å². The van der Waals surface area contributed by atoms with Gasteiger partial charge in [-0.05, 0) is 49.4 Å². The minimum absolute atomic E-state index is 0.0756. The molecule has 0 spiro atoms. The third kappa shape index (κ3) is 1.02. The van der Waals surface area contributed by atoms with Gasteiger partial charge in [0.15, 0.2) is 0 Å². The quantitative estimate of drug-likeness (QED) is 0.637. The van der Waals surface area contributed by atoms with E-state index in [2.05, 4.69) is 13.8 Å². The molecule has 0 aromatic rings. The van der Waals surface area contributed by atoms with Gasteiger partial charge >= 0.3 is 0 Å². The fourth-order valence-electron chi connectivity index (χ4n) is 3.40. The third-order valence-corrected chi connectivity index (χ3v) is 4.29. The van der Waals surface area contributed by atoms with Gasteiger partial charge in [-0.3, -0.25) is 0 Å². The van der Waals surface area contributed by atoms with Crippen molar-refractivity contribution < 1.29 is 5.11 Å². The number of fused-ring (bicyclic) bond motifs is 2. The molecule has 2 unspecified atom stereocenters. The molecule has 0 heterocycles. The van der Waals surface area contributed by atoms with E-state index in [1.165, 1.54) is 19.3 Å². The van der Waals surface area contributed by atoms with Crippen molar-refractivity contribution in [1.82, 2.24) is 0 Å². The summed E-state index contributed by atoms with van der Waals surface area (Å²) < 4.78 is 0. The molecule has 1 heteroatoms. The fourth-order valence-corrected chi connectivity index (χ4v) is 3.40. The van der Waals surface area contributed by atoms with Gasteiger partial charge in [-0.2, -0.15) is 0 Å². The molecule has 3 aliphatic carbocycles. The van der Waals surface area contributed by atoms with Crippen LogP contribution in [0.5, 0.6) is 0 Å². The van der Waals surface area contributed by atoms with Crippen LogP contribution < -0.4 is 0 Å². The largest absolute Gasteiger partial charge is 0.393 e. The van der Waals surface area contributed by atoms with E-state index in [1.807, 2.05) is 6.92 Å². The van der Waals surface area contributed by atoms with Crippen molar-refractivity contribution in [1.29, 1.82) is 0 Å². The van der Waals surface area contributed by atoms with Crippen LogP contribution in [0, 0.1) is 23.2 Å². The number of hydrogen-bond acceptors (Lipinski definition) is 1. The van der Waals surface area contributed by atoms with Crippen molar-refractivity contribution in [3.8, 4) is 0 Å². The summed E-state index contributed by atoms with van der Waals surface area (Å²) in [7, 11) is 0. The Kier molecular flexibility index (Phi) is 1.76. The van der Waals surface area contributed by atoms with Gasteiger partial charge in [0.2, 0.25) is 0 Å². The van der Waals surface area contributed by atoms with Gasteiger partial charge in [0.05, 0.1) is 6.10 Å². The second-order valence-corrected chi connectivity index (χ2v) is 5.45. The minimum atomic E-state index is -0.0756. The SMILES string of the molecule is CC(O)C1[C@H]2CCC(C)(C)[C@@H]1C2. The molecule has 1 N–H and O–H groups in total. The Labute approximate surface area is 75.2 Å². The second kappa shape index (κ2) is 2.47. The minimum Gasteiger partial charge on any atom is -0.393 e. The molecule has 0 saturated heterocycles. The smallest absolute Gasteiger partial charge is 0.0545 e. The summed E-state index contributed by atoms with van der Waals surface area (Å²) in [5, 5.41) is 9.61. The van der Waals surface area contributed by atoms with Gasteiger partial charge in [0, 0.05) is 0 Å². The lowest BCUT2D eigenvalue weighted by atomic mass is 9.47. The van der Waals surface area contributed by atoms with E-state index in [0.717, 1.165) is 11.8 Å². The Bertz CT molecular complexity index is 181. The molecule has 70 valence electrons. The molecule has 3 aliphatic rings. The Morgan fingerprint density at radius 1 is 1.42 bits per heavy atom. The summed E-state index contributed by atoms with van der Waals surface area (Å²) in [6.45, 7) is 6.69. The zero-order valence-corrected chi connectivity index (χ0v) is 8.38. The predicted octanol–water partition coefficient (Wildman–Crippen LogP) is 2.44. The van der Waals surface area contributed by atoms with E-state index < -0.39 is 0 Å². The van der Waals surface area contributed by atoms with Crippen LogP contribution in [0.1, 0.15) is 40.0 Å². The molecule has 0 aromatic heterocycles. The number of hydrogen-bond donors (Lipinski definition) is 1. The highest BCUT2D eigenvalue weighted by Crippen LogP contribution is 2.60. The maximum Gasteiger partial charge on any atom is 0.0545 e. The van der Waals surface area contributed by atoms with Crippen molar-refractivity contribution in [3.05, 3.63) is 0 Å². The van der Waals surface area contributed by atoms with E-state index in [9.17, 15) is 5.11 Å². The fraction of sp³-hybridized carbons (Fsp3) is 1.00. The van der Waals surface area contributed by atoms with Crippen LogP contribution in [-0.2, 0) is 0 Å². The Morgan fingerprint density at radius 2 is 2.08 bits per heavy atom. The van der Waals surface area contributed by atoms with E-state index >= 15 is 0 Å². The number of aliphatic hydroxyl groups is 1. The van der Waals surface area contributed by atoms with Crippen molar-refractivity contribution >= 4 is 0 Å². The van der Waals surface area contributed by atoms with E-state index in [4.69, 9.17) is 0 Å². The van der Waals surface area contributed by atoms with Gasteiger partial charge in [-0.15, -0.1) is 0 Å². The Morgan fingerprint density at radius 3 is 2.42 bits per heavy atom. The van der Waals surface area contributed by atoms with E-state index in [1.54, 1.807) is 0 Å². The first-order valence-corrected chi connectivity index (χ1v) is 5.20. The molecular formula is C11H20O. The van der Waals surface area contributed by atoms with Crippen LogP contribution >= 0.6 is 0 Å². The van der Waals surface area contributed by atoms with Crippen molar-refractivity contribution in [2.24, 2.45) is 23.2 Å². The van der Waals surface area contributed by atoms with Gasteiger partial charge in [0.25, 0.3) is 0 Å². The van der Waals surface area contributed by atoms with Gasteiger partial charge in [0.1, 0.15) is 0 Å². The number of rotatable bonds is 1. The third-order valence-electron chi connectivity index (χ3n) is 4.29. The molecule has 3 rings (SSSR count). The number of aliphatic hydroxyl groups excluding tert-OH is 1. The zero-order valence-electron chi connectivity index (χ0n) is 8.38. The maximum absolute atomic E-state index is 9.61. The van der Waals surface area contributed by atoms with Crippen LogP contribution in [0.25, 0.3) is 0 Å². The Hall–Kier alpha value is -0.0400. The highest BCUT2D eigenvalue weighted by Gasteiger charge is 2.53. The average Bonchev–Trinajstić information content (AvgIpc) is 1.81. The molecule has 0 aliphatic heterocycles. The van der Waals surface area contributed by atoms with Crippen LogP contribution in [0.15, 0.2) is 0 Å². The summed E-state index contributed by atoms with van der Waals surface area (Å²) in [6, 6.07) is 0. The highest BCUT2D eigenvalue weighted by atomic mass is 16.3. The molecule has 0 aromatic carbocycles. The molecule has 12 heavy (non-hydrogen) atoms. The normalized spacial score (nSPS) is 46.5. The van der Waals surface area contributed by atoms with E-state index in [-0.39, 0.29) is 6.10 Å². The predicted molar refractivity (Wildman–Crippen MR) is 49.8 cm³/mol. The van der Waals surface area contributed by atoms with Crippen molar-refractivity contribution in [2.75, 3.05) is 0 Å². The molecule has 3 fully saturated rings. The van der Waals surface area contributed by atoms with Gasteiger partial charge in [-0.25, -0.2) is 0 Å². The van der Waals surface area contributed by atoms with E-state index in [0.29, 0.717) is 11.3 Å². The van der Waals surface area contributed by atoms with Crippen LogP contribution in [0.4, 0.5) is 0 Å². The summed E-state index contributed by atoms with van der Waals surface area (Å²) in [4.78, 5) is 0. The summed E-state index contributed by atoms with van der Waals surface area (Å²) in [6.07, 6.45) is 4.01. The average molecular weight is 168 g/mol. The lowest BCUT2D eigenvalue weighted by Gasteiger charge is -2.59. The first-order valence-electron chi connectivity index (χ1n) is 5.20. The Balaban J connectivity index is 2.12. The molecule has 1 nitrogen and oxygen atoms in total. The summed E-state index contributed by atoms with van der Waals surface area (Å²) in [5.74, 6) is 2.27. The lowest BCUT2D eigenvalue weighted by Crippen LogP contribution is -2.53.